The minimum absolute atomic E-state index is 0.0723. The Bertz CT molecular complexity index is 628. The zero-order chi connectivity index (χ0) is 14.5. The molecule has 0 amide bonds. The van der Waals surface area contributed by atoms with Crippen molar-refractivity contribution in [3.05, 3.63) is 58.1 Å². The van der Waals surface area contributed by atoms with Crippen LogP contribution in [0.1, 0.15) is 12.5 Å². The Morgan fingerprint density at radius 2 is 1.90 bits per heavy atom. The second-order valence-electron chi connectivity index (χ2n) is 4.28. The molecule has 0 bridgehead atoms. The number of hydrogen-bond acceptors (Lipinski definition) is 5. The molecule has 0 fully saturated rings. The average Bonchev–Trinajstić information content (AvgIpc) is 2.46. The van der Waals surface area contributed by atoms with Crippen molar-refractivity contribution in [3.63, 3.8) is 0 Å². The van der Waals surface area contributed by atoms with Crippen molar-refractivity contribution in [2.45, 2.75) is 13.3 Å². The van der Waals surface area contributed by atoms with E-state index >= 15 is 0 Å². The third-order valence-electron chi connectivity index (χ3n) is 2.99. The maximum atomic E-state index is 11.2. The van der Waals surface area contributed by atoms with Gasteiger partial charge in [0.05, 0.1) is 4.92 Å². The smallest absolute Gasteiger partial charge is 0.316 e. The highest BCUT2D eigenvalue weighted by molar-refractivity contribution is 5.79. The molecule has 104 valence electrons. The topological polar surface area (TPSA) is 93.2 Å². The predicted molar refractivity (Wildman–Crippen MR) is 80.0 cm³/mol. The number of nitro groups is 1. The van der Waals surface area contributed by atoms with Gasteiger partial charge in [0.1, 0.15) is 11.4 Å². The number of hydrazine groups is 1. The van der Waals surface area contributed by atoms with Crippen LogP contribution in [0.15, 0.2) is 42.5 Å². The third kappa shape index (κ3) is 2.86. The summed E-state index contributed by atoms with van der Waals surface area (Å²) in [4.78, 5) is 10.7. The highest BCUT2D eigenvalue weighted by atomic mass is 16.6. The fourth-order valence-electron chi connectivity index (χ4n) is 1.98. The van der Waals surface area contributed by atoms with Crippen LogP contribution < -0.4 is 16.6 Å². The number of nitrogen functional groups attached to an aromatic ring is 1. The Morgan fingerprint density at radius 3 is 2.55 bits per heavy atom. The van der Waals surface area contributed by atoms with E-state index < -0.39 is 4.92 Å². The van der Waals surface area contributed by atoms with Crippen LogP contribution in [0.5, 0.6) is 0 Å². The van der Waals surface area contributed by atoms with Gasteiger partial charge in [0.15, 0.2) is 0 Å². The lowest BCUT2D eigenvalue weighted by atomic mass is 10.1. The molecule has 0 unspecified atom stereocenters. The highest BCUT2D eigenvalue weighted by Crippen LogP contribution is 2.34. The molecule has 0 aliphatic heterocycles. The first-order valence-corrected chi connectivity index (χ1v) is 6.25. The van der Waals surface area contributed by atoms with Crippen LogP contribution in [0.3, 0.4) is 0 Å². The molecule has 4 N–H and O–H groups in total. The van der Waals surface area contributed by atoms with Gasteiger partial charge >= 0.3 is 5.69 Å². The molecule has 0 radical (unpaired) electrons. The summed E-state index contributed by atoms with van der Waals surface area (Å²) in [5.41, 5.74) is 4.91. The summed E-state index contributed by atoms with van der Waals surface area (Å²) >= 11 is 0. The number of hydrogen-bond donors (Lipinski definition) is 3. The number of aryl methyl sites for hydroxylation is 1. The fourth-order valence-corrected chi connectivity index (χ4v) is 1.98. The number of para-hydroxylation sites is 1. The van der Waals surface area contributed by atoms with Gasteiger partial charge < -0.3 is 10.7 Å². The van der Waals surface area contributed by atoms with E-state index in [0.717, 1.165) is 17.7 Å². The third-order valence-corrected chi connectivity index (χ3v) is 2.99. The van der Waals surface area contributed by atoms with Gasteiger partial charge in [0.25, 0.3) is 0 Å². The Labute approximate surface area is 116 Å². The average molecular weight is 272 g/mol. The lowest BCUT2D eigenvalue weighted by Gasteiger charge is -2.10. The van der Waals surface area contributed by atoms with E-state index in [4.69, 9.17) is 5.84 Å². The Kier molecular flexibility index (Phi) is 4.17. The summed E-state index contributed by atoms with van der Waals surface area (Å²) in [6.45, 7) is 2.06. The van der Waals surface area contributed by atoms with Crippen LogP contribution in [-0.2, 0) is 6.42 Å². The normalized spacial score (nSPS) is 10.1. The van der Waals surface area contributed by atoms with E-state index in [1.807, 2.05) is 24.3 Å². The van der Waals surface area contributed by atoms with E-state index in [1.54, 1.807) is 18.2 Å². The second kappa shape index (κ2) is 6.03. The largest absolute Gasteiger partial charge is 0.350 e. The van der Waals surface area contributed by atoms with Crippen molar-refractivity contribution in [3.8, 4) is 0 Å². The van der Waals surface area contributed by atoms with Gasteiger partial charge in [-0.3, -0.25) is 16.0 Å². The number of nitro benzene ring substituents is 1. The van der Waals surface area contributed by atoms with Crippen LogP contribution in [0.25, 0.3) is 0 Å². The minimum Gasteiger partial charge on any atom is -0.350 e. The van der Waals surface area contributed by atoms with Gasteiger partial charge in [0, 0.05) is 5.69 Å². The van der Waals surface area contributed by atoms with Crippen LogP contribution >= 0.6 is 0 Å². The fraction of sp³-hybridized carbons (Fsp3) is 0.143. The lowest BCUT2D eigenvalue weighted by Crippen LogP contribution is -2.10. The summed E-state index contributed by atoms with van der Waals surface area (Å²) < 4.78 is 0. The number of nitrogens with two attached hydrogens (primary N) is 1. The summed E-state index contributed by atoms with van der Waals surface area (Å²) in [7, 11) is 0. The number of anilines is 3. The van der Waals surface area contributed by atoms with E-state index in [9.17, 15) is 10.1 Å². The molecule has 2 aromatic rings. The van der Waals surface area contributed by atoms with Crippen LogP contribution in [0.2, 0.25) is 0 Å². The van der Waals surface area contributed by atoms with Gasteiger partial charge in [-0.2, -0.15) is 0 Å². The van der Waals surface area contributed by atoms with Crippen LogP contribution in [0, 0.1) is 10.1 Å². The van der Waals surface area contributed by atoms with Gasteiger partial charge in [-0.05, 0) is 36.2 Å². The van der Waals surface area contributed by atoms with E-state index in [2.05, 4.69) is 17.7 Å². The summed E-state index contributed by atoms with van der Waals surface area (Å²) in [5, 5.41) is 14.3. The summed E-state index contributed by atoms with van der Waals surface area (Å²) in [6, 6.07) is 12.7. The van der Waals surface area contributed by atoms with Crippen molar-refractivity contribution in [2.75, 3.05) is 10.7 Å². The molecule has 2 rings (SSSR count). The molecule has 2 aromatic carbocycles. The van der Waals surface area contributed by atoms with E-state index in [0.29, 0.717) is 5.69 Å². The molecule has 0 aromatic heterocycles. The van der Waals surface area contributed by atoms with Crippen molar-refractivity contribution in [2.24, 2.45) is 5.84 Å². The first-order chi connectivity index (χ1) is 9.65. The standard InChI is InChI=1S/C14H16N4O2/c1-2-10-5-3-6-11(9-10)16-12-7-4-8-13(17-15)14(12)18(19)20/h3-9,16-17H,2,15H2,1H3. The molecular weight excluding hydrogens is 256 g/mol. The Hall–Kier alpha value is -2.60. The predicted octanol–water partition coefficient (Wildman–Crippen LogP) is 3.19. The molecule has 0 aliphatic rings. The van der Waals surface area contributed by atoms with E-state index in [-0.39, 0.29) is 11.4 Å². The van der Waals surface area contributed by atoms with Crippen LogP contribution in [-0.4, -0.2) is 4.92 Å². The SMILES string of the molecule is CCc1cccc(Nc2cccc(NN)c2[N+](=O)[O-])c1. The number of rotatable bonds is 5. The maximum Gasteiger partial charge on any atom is 0.316 e. The number of nitrogens with zero attached hydrogens (tertiary/aromatic N) is 1. The van der Waals surface area contributed by atoms with E-state index in [1.165, 1.54) is 0 Å². The van der Waals surface area contributed by atoms with Crippen molar-refractivity contribution < 1.29 is 4.92 Å². The van der Waals surface area contributed by atoms with Gasteiger partial charge in [0.2, 0.25) is 0 Å². The van der Waals surface area contributed by atoms with Crippen molar-refractivity contribution >= 4 is 22.7 Å². The first-order valence-electron chi connectivity index (χ1n) is 6.25. The molecule has 0 spiro atoms. The van der Waals surface area contributed by atoms with Gasteiger partial charge in [-0.1, -0.05) is 25.1 Å². The van der Waals surface area contributed by atoms with Gasteiger partial charge in [-0.25, -0.2) is 0 Å². The van der Waals surface area contributed by atoms with Gasteiger partial charge in [-0.15, -0.1) is 0 Å². The Morgan fingerprint density at radius 1 is 1.20 bits per heavy atom. The first kappa shape index (κ1) is 13.8. The number of benzene rings is 2. The molecule has 6 heteroatoms. The summed E-state index contributed by atoms with van der Waals surface area (Å²) in [6.07, 6.45) is 0.905. The molecule has 20 heavy (non-hydrogen) atoms. The molecule has 0 atom stereocenters. The highest BCUT2D eigenvalue weighted by Gasteiger charge is 2.19. The molecule has 0 aliphatic carbocycles. The van der Waals surface area contributed by atoms with Crippen molar-refractivity contribution in [1.29, 1.82) is 0 Å². The lowest BCUT2D eigenvalue weighted by molar-refractivity contribution is -0.383. The number of nitrogens with one attached hydrogen (secondary N) is 2. The summed E-state index contributed by atoms with van der Waals surface area (Å²) in [5.74, 6) is 5.31. The minimum atomic E-state index is -0.457. The zero-order valence-electron chi connectivity index (χ0n) is 11.1. The Balaban J connectivity index is 2.40. The second-order valence-corrected chi connectivity index (χ2v) is 4.28. The quantitative estimate of drug-likeness (QED) is 0.441. The monoisotopic (exact) mass is 272 g/mol. The molecular formula is C14H16N4O2. The molecule has 0 saturated heterocycles. The molecule has 0 heterocycles. The maximum absolute atomic E-state index is 11.2. The van der Waals surface area contributed by atoms with Crippen LogP contribution in [0.4, 0.5) is 22.7 Å². The van der Waals surface area contributed by atoms with Crippen molar-refractivity contribution in [1.82, 2.24) is 0 Å². The molecule has 0 saturated carbocycles. The zero-order valence-corrected chi connectivity index (χ0v) is 11.1. The molecule has 6 nitrogen and oxygen atoms in total.